The summed E-state index contributed by atoms with van der Waals surface area (Å²) in [5, 5.41) is 12.2. The van der Waals surface area contributed by atoms with Gasteiger partial charge < -0.3 is 14.6 Å². The van der Waals surface area contributed by atoms with E-state index in [-0.39, 0.29) is 29.0 Å². The number of phenolic OH excluding ortho intramolecular Hbond substituents is 1. The first-order valence-electron chi connectivity index (χ1n) is 5.80. The number of benzene rings is 1. The van der Waals surface area contributed by atoms with E-state index in [1.54, 1.807) is 6.07 Å². The van der Waals surface area contributed by atoms with Gasteiger partial charge in [0.05, 0.1) is 25.8 Å². The van der Waals surface area contributed by atoms with Crippen LogP contribution in [0.5, 0.6) is 17.5 Å². The Morgan fingerprint density at radius 3 is 2.33 bits per heavy atom. The number of carbonyl (C=O) groups excluding carboxylic acids is 1. The number of carbonyl (C=O) groups is 1. The van der Waals surface area contributed by atoms with Crippen molar-refractivity contribution in [2.24, 2.45) is 0 Å². The van der Waals surface area contributed by atoms with Gasteiger partial charge in [-0.05, 0) is 18.2 Å². The van der Waals surface area contributed by atoms with Gasteiger partial charge in [0.15, 0.2) is 0 Å². The molecular formula is C13H12BrN3O4. The molecule has 0 fully saturated rings. The molecule has 8 heteroatoms. The number of anilines is 1. The zero-order chi connectivity index (χ0) is 15.4. The third kappa shape index (κ3) is 3.60. The van der Waals surface area contributed by atoms with Gasteiger partial charge >= 0.3 is 0 Å². The predicted octanol–water partition coefficient (Wildman–Crippen LogP) is 2.21. The topological polar surface area (TPSA) is 93.6 Å². The van der Waals surface area contributed by atoms with Gasteiger partial charge in [-0.15, -0.1) is 0 Å². The lowest BCUT2D eigenvalue weighted by molar-refractivity contribution is 0.102. The second-order valence-corrected chi connectivity index (χ2v) is 4.81. The molecule has 21 heavy (non-hydrogen) atoms. The molecule has 0 saturated carbocycles. The highest BCUT2D eigenvalue weighted by atomic mass is 79.9. The lowest BCUT2D eigenvalue weighted by Crippen LogP contribution is -2.15. The Kier molecular flexibility index (Phi) is 4.59. The van der Waals surface area contributed by atoms with Crippen LogP contribution in [-0.4, -0.2) is 35.2 Å². The summed E-state index contributed by atoms with van der Waals surface area (Å²) >= 11 is 3.20. The van der Waals surface area contributed by atoms with E-state index in [0.29, 0.717) is 4.47 Å². The van der Waals surface area contributed by atoms with E-state index < -0.39 is 5.91 Å². The third-order valence-electron chi connectivity index (χ3n) is 2.53. The molecule has 0 aliphatic carbocycles. The van der Waals surface area contributed by atoms with E-state index in [1.165, 1.54) is 32.4 Å². The molecule has 7 nitrogen and oxygen atoms in total. The number of amides is 1. The Hall–Kier alpha value is -2.35. The summed E-state index contributed by atoms with van der Waals surface area (Å²) in [6.45, 7) is 0. The van der Waals surface area contributed by atoms with Gasteiger partial charge in [0.25, 0.3) is 5.91 Å². The van der Waals surface area contributed by atoms with Crippen molar-refractivity contribution < 1.29 is 19.4 Å². The van der Waals surface area contributed by atoms with Crippen molar-refractivity contribution in [3.8, 4) is 17.5 Å². The van der Waals surface area contributed by atoms with Gasteiger partial charge in [-0.2, -0.15) is 9.97 Å². The minimum atomic E-state index is -0.546. The van der Waals surface area contributed by atoms with Crippen LogP contribution in [0.1, 0.15) is 10.4 Å². The van der Waals surface area contributed by atoms with Gasteiger partial charge in [-0.1, -0.05) is 15.9 Å². The smallest absolute Gasteiger partial charge is 0.261 e. The predicted molar refractivity (Wildman–Crippen MR) is 78.9 cm³/mol. The molecule has 0 bridgehead atoms. The summed E-state index contributed by atoms with van der Waals surface area (Å²) < 4.78 is 10.6. The second kappa shape index (κ2) is 6.40. The average Bonchev–Trinajstić information content (AvgIpc) is 2.46. The number of aromatic hydroxyl groups is 1. The normalized spacial score (nSPS) is 10.0. The minimum absolute atomic E-state index is 0.0125. The van der Waals surface area contributed by atoms with Crippen LogP contribution in [-0.2, 0) is 0 Å². The molecule has 0 aliphatic rings. The van der Waals surface area contributed by atoms with E-state index in [9.17, 15) is 9.90 Å². The number of nitrogens with one attached hydrogen (secondary N) is 1. The molecule has 0 atom stereocenters. The number of nitrogens with zero attached hydrogens (tertiary/aromatic N) is 2. The van der Waals surface area contributed by atoms with Gasteiger partial charge in [-0.3, -0.25) is 10.1 Å². The van der Waals surface area contributed by atoms with E-state index in [4.69, 9.17) is 9.47 Å². The van der Waals surface area contributed by atoms with E-state index in [2.05, 4.69) is 31.2 Å². The highest BCUT2D eigenvalue weighted by Gasteiger charge is 2.14. The lowest BCUT2D eigenvalue weighted by Gasteiger charge is -2.08. The molecular weight excluding hydrogens is 342 g/mol. The van der Waals surface area contributed by atoms with E-state index >= 15 is 0 Å². The number of hydrogen-bond acceptors (Lipinski definition) is 6. The Bertz CT molecular complexity index is 656. The Balaban J connectivity index is 2.26. The van der Waals surface area contributed by atoms with Crippen molar-refractivity contribution in [1.82, 2.24) is 9.97 Å². The first-order chi connectivity index (χ1) is 10.0. The van der Waals surface area contributed by atoms with Crippen LogP contribution in [0, 0.1) is 0 Å². The number of aromatic nitrogens is 2. The molecule has 110 valence electrons. The standard InChI is InChI=1S/C13H12BrN3O4/c1-20-10-6-11(21-2)16-13(15-10)17-12(19)8-4-3-7(14)5-9(8)18/h3-6,18H,1-2H3,(H,15,16,17,19). The van der Waals surface area contributed by atoms with Crippen molar-refractivity contribution >= 4 is 27.8 Å². The number of hydrogen-bond donors (Lipinski definition) is 2. The van der Waals surface area contributed by atoms with Crippen LogP contribution in [0.25, 0.3) is 0 Å². The maximum absolute atomic E-state index is 12.1. The van der Waals surface area contributed by atoms with Gasteiger partial charge in [-0.25, -0.2) is 0 Å². The highest BCUT2D eigenvalue weighted by Crippen LogP contribution is 2.23. The molecule has 0 aliphatic heterocycles. The molecule has 1 aromatic heterocycles. The fourth-order valence-electron chi connectivity index (χ4n) is 1.53. The van der Waals surface area contributed by atoms with Crippen molar-refractivity contribution in [2.75, 3.05) is 19.5 Å². The zero-order valence-electron chi connectivity index (χ0n) is 11.3. The lowest BCUT2D eigenvalue weighted by atomic mass is 10.2. The fourth-order valence-corrected chi connectivity index (χ4v) is 1.88. The maximum atomic E-state index is 12.1. The minimum Gasteiger partial charge on any atom is -0.507 e. The Labute approximate surface area is 129 Å². The van der Waals surface area contributed by atoms with Crippen LogP contribution >= 0.6 is 15.9 Å². The largest absolute Gasteiger partial charge is 0.507 e. The van der Waals surface area contributed by atoms with Crippen LogP contribution in [0.3, 0.4) is 0 Å². The van der Waals surface area contributed by atoms with Crippen LogP contribution in [0.15, 0.2) is 28.7 Å². The first-order valence-corrected chi connectivity index (χ1v) is 6.59. The highest BCUT2D eigenvalue weighted by molar-refractivity contribution is 9.10. The monoisotopic (exact) mass is 353 g/mol. The fraction of sp³-hybridized carbons (Fsp3) is 0.154. The SMILES string of the molecule is COc1cc(OC)nc(NC(=O)c2ccc(Br)cc2O)n1. The summed E-state index contributed by atoms with van der Waals surface area (Å²) in [5.74, 6) is -0.195. The third-order valence-corrected chi connectivity index (χ3v) is 3.02. The second-order valence-electron chi connectivity index (χ2n) is 3.89. The molecule has 2 aromatic rings. The van der Waals surface area contributed by atoms with Crippen LogP contribution in [0.4, 0.5) is 5.95 Å². The van der Waals surface area contributed by atoms with E-state index in [1.807, 2.05) is 0 Å². The first kappa shape index (κ1) is 15.0. The summed E-state index contributed by atoms with van der Waals surface area (Å²) in [7, 11) is 2.88. The average molecular weight is 354 g/mol. The summed E-state index contributed by atoms with van der Waals surface area (Å²) in [4.78, 5) is 20.1. The van der Waals surface area contributed by atoms with Crippen molar-refractivity contribution in [3.05, 3.63) is 34.3 Å². The number of methoxy groups -OCH3 is 2. The zero-order valence-corrected chi connectivity index (χ0v) is 12.8. The number of rotatable bonds is 4. The number of halogens is 1. The molecule has 2 N–H and O–H groups in total. The van der Waals surface area contributed by atoms with Crippen molar-refractivity contribution in [2.45, 2.75) is 0 Å². The van der Waals surface area contributed by atoms with Crippen LogP contribution in [0.2, 0.25) is 0 Å². The number of ether oxygens (including phenoxy) is 2. The Morgan fingerprint density at radius 2 is 1.81 bits per heavy atom. The Morgan fingerprint density at radius 1 is 1.19 bits per heavy atom. The van der Waals surface area contributed by atoms with E-state index in [0.717, 1.165) is 0 Å². The molecule has 2 rings (SSSR count). The summed E-state index contributed by atoms with van der Waals surface area (Å²) in [6.07, 6.45) is 0. The van der Waals surface area contributed by atoms with Crippen molar-refractivity contribution in [1.29, 1.82) is 0 Å². The summed E-state index contributed by atoms with van der Waals surface area (Å²) in [6, 6.07) is 6.02. The molecule has 0 unspecified atom stereocenters. The molecule has 1 amide bonds. The molecule has 1 heterocycles. The van der Waals surface area contributed by atoms with Gasteiger partial charge in [0, 0.05) is 4.47 Å². The van der Waals surface area contributed by atoms with Gasteiger partial charge in [0.1, 0.15) is 5.75 Å². The van der Waals surface area contributed by atoms with Crippen LogP contribution < -0.4 is 14.8 Å². The maximum Gasteiger partial charge on any atom is 0.261 e. The molecule has 0 spiro atoms. The molecule has 1 aromatic carbocycles. The van der Waals surface area contributed by atoms with Crippen molar-refractivity contribution in [3.63, 3.8) is 0 Å². The summed E-state index contributed by atoms with van der Waals surface area (Å²) in [5.41, 5.74) is 0.101. The molecule has 0 radical (unpaired) electrons. The quantitative estimate of drug-likeness (QED) is 0.875. The molecule has 0 saturated heterocycles. The van der Waals surface area contributed by atoms with Gasteiger partial charge in [0.2, 0.25) is 17.7 Å². The number of phenols is 1.